The van der Waals surface area contributed by atoms with Crippen LogP contribution >= 0.6 is 0 Å². The van der Waals surface area contributed by atoms with E-state index >= 15 is 0 Å². The predicted octanol–water partition coefficient (Wildman–Crippen LogP) is 1.08. The molecule has 2 N–H and O–H groups in total. The van der Waals surface area contributed by atoms with Crippen molar-refractivity contribution in [2.45, 2.75) is 26.4 Å². The number of benzene rings is 1. The number of aliphatic hydroxyl groups excluding tert-OH is 2. The number of nitrogens with zero attached hydrogens (tertiary/aromatic N) is 1. The van der Waals surface area contributed by atoms with Gasteiger partial charge in [0.05, 0.1) is 32.5 Å². The van der Waals surface area contributed by atoms with Crippen LogP contribution in [0.15, 0.2) is 12.1 Å². The van der Waals surface area contributed by atoms with Crippen molar-refractivity contribution in [3.8, 4) is 11.5 Å². The molecule has 0 spiro atoms. The quantitative estimate of drug-likeness (QED) is 0.751. The molecule has 124 valence electrons. The number of hydrogen-bond donors (Lipinski definition) is 2. The van der Waals surface area contributed by atoms with Gasteiger partial charge in [0.1, 0.15) is 11.5 Å². The van der Waals surface area contributed by atoms with Crippen molar-refractivity contribution in [3.05, 3.63) is 23.3 Å². The van der Waals surface area contributed by atoms with Crippen molar-refractivity contribution >= 4 is 5.91 Å². The third-order valence-corrected chi connectivity index (χ3v) is 3.54. The molecule has 6 heteroatoms. The molecule has 0 aliphatic heterocycles. The van der Waals surface area contributed by atoms with Crippen LogP contribution in [0.2, 0.25) is 0 Å². The fourth-order valence-electron chi connectivity index (χ4n) is 2.32. The minimum absolute atomic E-state index is 0.145. The van der Waals surface area contributed by atoms with Crippen molar-refractivity contribution in [2.75, 3.05) is 33.9 Å². The van der Waals surface area contributed by atoms with E-state index in [1.54, 1.807) is 17.0 Å². The van der Waals surface area contributed by atoms with Crippen molar-refractivity contribution < 1.29 is 24.5 Å². The van der Waals surface area contributed by atoms with Crippen LogP contribution in [-0.2, 0) is 6.42 Å². The third kappa shape index (κ3) is 4.11. The van der Waals surface area contributed by atoms with E-state index in [-0.39, 0.29) is 18.9 Å². The highest BCUT2D eigenvalue weighted by molar-refractivity contribution is 5.98. The van der Waals surface area contributed by atoms with Gasteiger partial charge in [-0.3, -0.25) is 4.79 Å². The van der Waals surface area contributed by atoms with Crippen molar-refractivity contribution in [1.29, 1.82) is 0 Å². The molecule has 1 atom stereocenters. The van der Waals surface area contributed by atoms with E-state index in [0.717, 1.165) is 0 Å². The van der Waals surface area contributed by atoms with Crippen molar-refractivity contribution in [3.63, 3.8) is 0 Å². The molecule has 1 rings (SSSR count). The fraction of sp³-hybridized carbons (Fsp3) is 0.562. The summed E-state index contributed by atoms with van der Waals surface area (Å²) in [6.45, 7) is 4.58. The molecule has 0 aliphatic rings. The summed E-state index contributed by atoms with van der Waals surface area (Å²) in [5.41, 5.74) is 0.995. The average molecular weight is 311 g/mol. The molecule has 0 saturated heterocycles. The van der Waals surface area contributed by atoms with Crippen LogP contribution in [0.5, 0.6) is 11.5 Å². The highest BCUT2D eigenvalue weighted by Crippen LogP contribution is 2.31. The van der Waals surface area contributed by atoms with E-state index in [9.17, 15) is 9.90 Å². The smallest absolute Gasteiger partial charge is 0.257 e. The molecule has 22 heavy (non-hydrogen) atoms. The maximum Gasteiger partial charge on any atom is 0.257 e. The van der Waals surface area contributed by atoms with Crippen LogP contribution in [0, 0.1) is 0 Å². The molecule has 1 aromatic rings. The minimum atomic E-state index is -0.944. The molecule has 0 radical (unpaired) electrons. The van der Waals surface area contributed by atoms with E-state index in [0.29, 0.717) is 35.7 Å². The zero-order valence-electron chi connectivity index (χ0n) is 13.6. The molecule has 0 aliphatic carbocycles. The first kappa shape index (κ1) is 18.3. The molecule has 0 heterocycles. The van der Waals surface area contributed by atoms with Gasteiger partial charge in [0.2, 0.25) is 0 Å². The van der Waals surface area contributed by atoms with Gasteiger partial charge in [-0.15, -0.1) is 0 Å². The fourth-order valence-corrected chi connectivity index (χ4v) is 2.32. The van der Waals surface area contributed by atoms with Crippen LogP contribution in [0.4, 0.5) is 0 Å². The molecule has 0 fully saturated rings. The molecule has 0 bridgehead atoms. The standard InChI is InChI=1S/C16H25NO5/c1-5-17(6-2)16(20)15-11(7-12(19)10-18)8-13(21-3)9-14(15)22-4/h8-9,12,18-19H,5-7,10H2,1-4H3/t12-/m0/s1. The van der Waals surface area contributed by atoms with Gasteiger partial charge in [-0.1, -0.05) is 0 Å². The number of aliphatic hydroxyl groups is 2. The molecule has 1 amide bonds. The van der Waals surface area contributed by atoms with E-state index < -0.39 is 6.10 Å². The topological polar surface area (TPSA) is 79.2 Å². The first-order chi connectivity index (χ1) is 10.5. The van der Waals surface area contributed by atoms with E-state index in [1.807, 2.05) is 13.8 Å². The lowest BCUT2D eigenvalue weighted by Gasteiger charge is -2.23. The SMILES string of the molecule is CCN(CC)C(=O)c1c(C[C@H](O)CO)cc(OC)cc1OC. The van der Waals surface area contributed by atoms with Crippen LogP contribution in [-0.4, -0.2) is 61.0 Å². The van der Waals surface area contributed by atoms with Crippen LogP contribution in [0.1, 0.15) is 29.8 Å². The Bertz CT molecular complexity index is 500. The predicted molar refractivity (Wildman–Crippen MR) is 83.6 cm³/mol. The maximum absolute atomic E-state index is 12.7. The highest BCUT2D eigenvalue weighted by Gasteiger charge is 2.24. The van der Waals surface area contributed by atoms with Crippen molar-refractivity contribution in [2.24, 2.45) is 0 Å². The number of methoxy groups -OCH3 is 2. The number of hydrogen-bond acceptors (Lipinski definition) is 5. The first-order valence-electron chi connectivity index (χ1n) is 7.35. The van der Waals surface area contributed by atoms with Gasteiger partial charge >= 0.3 is 0 Å². The summed E-state index contributed by atoms with van der Waals surface area (Å²) in [4.78, 5) is 14.4. The zero-order valence-corrected chi connectivity index (χ0v) is 13.6. The van der Waals surface area contributed by atoms with Gasteiger partial charge in [-0.05, 0) is 25.5 Å². The van der Waals surface area contributed by atoms with Gasteiger partial charge < -0.3 is 24.6 Å². The Morgan fingerprint density at radius 2 is 1.86 bits per heavy atom. The maximum atomic E-state index is 12.7. The lowest BCUT2D eigenvalue weighted by molar-refractivity contribution is 0.0762. The van der Waals surface area contributed by atoms with E-state index in [1.165, 1.54) is 14.2 Å². The normalized spacial score (nSPS) is 11.9. The lowest BCUT2D eigenvalue weighted by atomic mass is 9.99. The Labute approximate surface area is 131 Å². The summed E-state index contributed by atoms with van der Waals surface area (Å²) < 4.78 is 10.5. The number of ether oxygens (including phenoxy) is 2. The summed E-state index contributed by atoms with van der Waals surface area (Å²) in [5.74, 6) is 0.772. The molecule has 1 aromatic carbocycles. The van der Waals surface area contributed by atoms with Gasteiger partial charge in [0.25, 0.3) is 5.91 Å². The summed E-state index contributed by atoms with van der Waals surface area (Å²) in [6, 6.07) is 3.34. The summed E-state index contributed by atoms with van der Waals surface area (Å²) >= 11 is 0. The first-order valence-corrected chi connectivity index (χ1v) is 7.35. The van der Waals surface area contributed by atoms with Crippen LogP contribution in [0.25, 0.3) is 0 Å². The number of carbonyl (C=O) groups is 1. The van der Waals surface area contributed by atoms with Crippen LogP contribution in [0.3, 0.4) is 0 Å². The molecule has 0 aromatic heterocycles. The molecule has 0 saturated carbocycles. The van der Waals surface area contributed by atoms with Gasteiger partial charge in [-0.25, -0.2) is 0 Å². The third-order valence-electron chi connectivity index (χ3n) is 3.54. The zero-order chi connectivity index (χ0) is 16.7. The second-order valence-electron chi connectivity index (χ2n) is 4.88. The summed E-state index contributed by atoms with van der Waals surface area (Å²) in [7, 11) is 3.01. The Morgan fingerprint density at radius 1 is 1.23 bits per heavy atom. The monoisotopic (exact) mass is 311 g/mol. The van der Waals surface area contributed by atoms with Gasteiger partial charge in [-0.2, -0.15) is 0 Å². The Hall–Kier alpha value is -1.79. The lowest BCUT2D eigenvalue weighted by Crippen LogP contribution is -2.32. The average Bonchev–Trinajstić information content (AvgIpc) is 2.54. The molecule has 0 unspecified atom stereocenters. The largest absolute Gasteiger partial charge is 0.497 e. The number of amides is 1. The molecule has 6 nitrogen and oxygen atoms in total. The summed E-state index contributed by atoms with van der Waals surface area (Å²) in [5, 5.41) is 18.8. The number of rotatable bonds is 8. The second-order valence-corrected chi connectivity index (χ2v) is 4.88. The van der Waals surface area contributed by atoms with E-state index in [4.69, 9.17) is 14.6 Å². The molecular formula is C16H25NO5. The second kappa shape index (κ2) is 8.60. The Balaban J connectivity index is 3.39. The molecular weight excluding hydrogens is 286 g/mol. The van der Waals surface area contributed by atoms with Gasteiger partial charge in [0, 0.05) is 25.6 Å². The highest BCUT2D eigenvalue weighted by atomic mass is 16.5. The van der Waals surface area contributed by atoms with Crippen molar-refractivity contribution in [1.82, 2.24) is 4.90 Å². The van der Waals surface area contributed by atoms with E-state index in [2.05, 4.69) is 0 Å². The number of carbonyl (C=O) groups excluding carboxylic acids is 1. The van der Waals surface area contributed by atoms with Crippen LogP contribution < -0.4 is 9.47 Å². The Kier molecular flexibility index (Phi) is 7.14. The Morgan fingerprint density at radius 3 is 2.32 bits per heavy atom. The summed E-state index contributed by atoms with van der Waals surface area (Å²) in [6.07, 6.45) is -0.799. The minimum Gasteiger partial charge on any atom is -0.497 e. The van der Waals surface area contributed by atoms with Gasteiger partial charge in [0.15, 0.2) is 0 Å².